The van der Waals surface area contributed by atoms with Crippen LogP contribution in [0.4, 0.5) is 0 Å². The van der Waals surface area contributed by atoms with E-state index < -0.39 is 0 Å². The molecule has 0 amide bonds. The number of hydrogen-bond donors (Lipinski definition) is 1. The van der Waals surface area contributed by atoms with Gasteiger partial charge >= 0.3 is 0 Å². The van der Waals surface area contributed by atoms with Crippen molar-refractivity contribution in [3.05, 3.63) is 106 Å². The van der Waals surface area contributed by atoms with E-state index in [4.69, 9.17) is 10.5 Å². The monoisotopic (exact) mass is 605 g/mol. The van der Waals surface area contributed by atoms with E-state index in [0.29, 0.717) is 5.92 Å². The van der Waals surface area contributed by atoms with E-state index in [2.05, 4.69) is 91.2 Å². The molecule has 0 radical (unpaired) electrons. The number of ether oxygens (including phenoxy) is 1. The van der Waals surface area contributed by atoms with Crippen molar-refractivity contribution in [2.75, 3.05) is 39.3 Å². The van der Waals surface area contributed by atoms with Gasteiger partial charge in [0, 0.05) is 60.9 Å². The Bertz CT molecular complexity index is 1160. The SMILES string of the molecule is CC1=C(C)C2=C(N)C(C)(CN3CCN(CCCC(c4ccccc4)c4ccccc4)CC3)CC2=C(C)O1.Cl.Cl.Cl. The summed E-state index contributed by atoms with van der Waals surface area (Å²) in [5, 5.41) is 0. The minimum absolute atomic E-state index is 0. The lowest BCUT2D eigenvalue weighted by atomic mass is 9.85. The Labute approximate surface area is 259 Å². The second-order valence-electron chi connectivity index (χ2n) is 11.5. The zero-order chi connectivity index (χ0) is 26.0. The molecule has 1 saturated heterocycles. The predicted molar refractivity (Wildman–Crippen MR) is 175 cm³/mol. The minimum atomic E-state index is -0.0259. The fourth-order valence-corrected chi connectivity index (χ4v) is 6.53. The summed E-state index contributed by atoms with van der Waals surface area (Å²) >= 11 is 0. The van der Waals surface area contributed by atoms with Gasteiger partial charge in [-0.2, -0.15) is 0 Å². The summed E-state index contributed by atoms with van der Waals surface area (Å²) in [6, 6.07) is 22.0. The van der Waals surface area contributed by atoms with Crippen LogP contribution in [0.3, 0.4) is 0 Å². The summed E-state index contributed by atoms with van der Waals surface area (Å²) in [6.07, 6.45) is 3.37. The van der Waals surface area contributed by atoms with Crippen molar-refractivity contribution in [1.29, 1.82) is 0 Å². The van der Waals surface area contributed by atoms with E-state index in [1.807, 2.05) is 6.92 Å². The molecule has 0 aromatic heterocycles. The quantitative estimate of drug-likeness (QED) is 0.334. The van der Waals surface area contributed by atoms with Gasteiger partial charge in [-0.05, 0) is 63.3 Å². The van der Waals surface area contributed by atoms with Crippen molar-refractivity contribution < 1.29 is 4.74 Å². The third-order valence-electron chi connectivity index (χ3n) is 8.83. The lowest BCUT2D eigenvalue weighted by Gasteiger charge is -2.39. The first-order valence-electron chi connectivity index (χ1n) is 14.0. The molecule has 1 fully saturated rings. The summed E-state index contributed by atoms with van der Waals surface area (Å²) in [4.78, 5) is 5.28. The van der Waals surface area contributed by atoms with Crippen molar-refractivity contribution in [1.82, 2.24) is 9.80 Å². The van der Waals surface area contributed by atoms with Crippen molar-refractivity contribution in [2.24, 2.45) is 11.1 Å². The van der Waals surface area contributed by atoms with Crippen molar-refractivity contribution >= 4 is 37.2 Å². The molecule has 40 heavy (non-hydrogen) atoms. The third-order valence-corrected chi connectivity index (χ3v) is 8.83. The number of allylic oxidation sites excluding steroid dienone is 5. The molecule has 0 spiro atoms. The molecular formula is C33H46Cl3N3O. The molecule has 3 aliphatic rings. The zero-order valence-electron chi connectivity index (χ0n) is 24.3. The van der Waals surface area contributed by atoms with Crippen molar-refractivity contribution in [3.8, 4) is 0 Å². The molecule has 1 unspecified atom stereocenters. The molecule has 2 N–H and O–H groups in total. The van der Waals surface area contributed by atoms with Gasteiger partial charge in [0.1, 0.15) is 11.5 Å². The van der Waals surface area contributed by atoms with E-state index in [9.17, 15) is 0 Å². The summed E-state index contributed by atoms with van der Waals surface area (Å²) in [5.74, 6) is 2.48. The van der Waals surface area contributed by atoms with Crippen LogP contribution >= 0.6 is 37.2 Å². The lowest BCUT2D eigenvalue weighted by Crippen LogP contribution is -2.50. The normalized spacial score (nSPS) is 21.4. The first kappa shape index (κ1) is 34.3. The molecule has 2 aromatic carbocycles. The van der Waals surface area contributed by atoms with Gasteiger partial charge in [-0.1, -0.05) is 67.6 Å². The molecule has 1 aliphatic carbocycles. The Morgan fingerprint density at radius 3 is 1.88 bits per heavy atom. The second kappa shape index (κ2) is 14.8. The number of nitrogens with two attached hydrogens (primary N) is 1. The molecule has 7 heteroatoms. The Balaban J connectivity index is 0.00000187. The maximum absolute atomic E-state index is 6.84. The van der Waals surface area contributed by atoms with Crippen molar-refractivity contribution in [2.45, 2.75) is 52.9 Å². The van der Waals surface area contributed by atoms with E-state index in [0.717, 1.165) is 56.4 Å². The van der Waals surface area contributed by atoms with Crippen LogP contribution in [0, 0.1) is 5.41 Å². The van der Waals surface area contributed by atoms with Gasteiger partial charge < -0.3 is 15.4 Å². The largest absolute Gasteiger partial charge is 0.466 e. The number of hydrogen-bond acceptors (Lipinski definition) is 4. The summed E-state index contributed by atoms with van der Waals surface area (Å²) in [5.41, 5.74) is 14.5. The number of halogens is 3. The molecule has 0 bridgehead atoms. The van der Waals surface area contributed by atoms with Gasteiger partial charge in [0.2, 0.25) is 0 Å². The highest BCUT2D eigenvalue weighted by Crippen LogP contribution is 2.50. The molecule has 0 saturated carbocycles. The third kappa shape index (κ3) is 7.27. The molecular weight excluding hydrogens is 561 g/mol. The fourth-order valence-electron chi connectivity index (χ4n) is 6.53. The Kier molecular flexibility index (Phi) is 12.7. The number of nitrogens with zero attached hydrogens (tertiary/aromatic N) is 2. The maximum atomic E-state index is 6.84. The number of piperazine rings is 1. The smallest absolute Gasteiger partial charge is 0.104 e. The standard InChI is InChI=1S/C33H43N3O.3ClH/c1-24-25(2)37-26(3)30-22-33(4,32(34)31(24)30)23-36-20-18-35(19-21-36)17-11-16-29(27-12-7-5-8-13-27)28-14-9-6-10-15-28;;;/h5-10,12-15,29H,11,16-23,34H2,1-4H3;3*1H. The van der Waals surface area contributed by atoms with E-state index in [1.54, 1.807) is 0 Å². The number of rotatable bonds is 8. The molecule has 2 heterocycles. The summed E-state index contributed by atoms with van der Waals surface area (Å²) in [6.45, 7) is 15.3. The van der Waals surface area contributed by atoms with Crippen molar-refractivity contribution in [3.63, 3.8) is 0 Å². The van der Waals surface area contributed by atoms with Crippen LogP contribution in [-0.4, -0.2) is 49.1 Å². The highest BCUT2D eigenvalue weighted by molar-refractivity contribution is 5.86. The average molecular weight is 607 g/mol. The van der Waals surface area contributed by atoms with Gasteiger partial charge in [0.25, 0.3) is 0 Å². The fraction of sp³-hybridized carbons (Fsp3) is 0.455. The first-order chi connectivity index (χ1) is 17.9. The molecule has 1 atom stereocenters. The predicted octanol–water partition coefficient (Wildman–Crippen LogP) is 7.70. The Morgan fingerprint density at radius 2 is 1.32 bits per heavy atom. The summed E-state index contributed by atoms with van der Waals surface area (Å²) in [7, 11) is 0. The number of benzene rings is 2. The lowest BCUT2D eigenvalue weighted by molar-refractivity contribution is 0.102. The molecule has 2 aliphatic heterocycles. The van der Waals surface area contributed by atoms with Gasteiger partial charge in [-0.25, -0.2) is 0 Å². The van der Waals surface area contributed by atoms with E-state index in [-0.39, 0.29) is 42.6 Å². The van der Waals surface area contributed by atoms with Crippen LogP contribution in [0.15, 0.2) is 94.6 Å². The van der Waals surface area contributed by atoms with E-state index >= 15 is 0 Å². The van der Waals surface area contributed by atoms with Gasteiger partial charge in [-0.3, -0.25) is 4.90 Å². The van der Waals surface area contributed by atoms with Crippen LogP contribution < -0.4 is 5.73 Å². The highest BCUT2D eigenvalue weighted by atomic mass is 35.5. The van der Waals surface area contributed by atoms with E-state index in [1.165, 1.54) is 47.2 Å². The van der Waals surface area contributed by atoms with Crippen LogP contribution in [0.1, 0.15) is 64.0 Å². The second-order valence-corrected chi connectivity index (χ2v) is 11.5. The average Bonchev–Trinajstić information content (AvgIpc) is 3.18. The number of fused-ring (bicyclic) bond motifs is 1. The van der Waals surface area contributed by atoms with Crippen LogP contribution in [0.2, 0.25) is 0 Å². The highest BCUT2D eigenvalue weighted by Gasteiger charge is 2.43. The van der Waals surface area contributed by atoms with Gasteiger partial charge in [-0.15, -0.1) is 37.2 Å². The van der Waals surface area contributed by atoms with Crippen LogP contribution in [0.5, 0.6) is 0 Å². The van der Waals surface area contributed by atoms with Gasteiger partial charge in [0.15, 0.2) is 0 Å². The Hall–Kier alpha value is -1.95. The van der Waals surface area contributed by atoms with Crippen LogP contribution in [0.25, 0.3) is 0 Å². The van der Waals surface area contributed by atoms with Crippen LogP contribution in [-0.2, 0) is 4.74 Å². The zero-order valence-corrected chi connectivity index (χ0v) is 26.8. The topological polar surface area (TPSA) is 41.7 Å². The summed E-state index contributed by atoms with van der Waals surface area (Å²) < 4.78 is 6.02. The van der Waals surface area contributed by atoms with Gasteiger partial charge in [0.05, 0.1) is 0 Å². The molecule has 220 valence electrons. The first-order valence-corrected chi connectivity index (χ1v) is 14.0. The minimum Gasteiger partial charge on any atom is -0.466 e. The molecule has 5 rings (SSSR count). The Morgan fingerprint density at radius 1 is 0.800 bits per heavy atom. The molecule has 2 aromatic rings. The molecule has 4 nitrogen and oxygen atoms in total. The maximum Gasteiger partial charge on any atom is 0.104 e.